The molecule has 8 heteroatoms. The highest BCUT2D eigenvalue weighted by Gasteiger charge is 2.18. The van der Waals surface area contributed by atoms with E-state index in [2.05, 4.69) is 5.32 Å². The molecule has 2 aromatic rings. The van der Waals surface area contributed by atoms with Crippen molar-refractivity contribution in [2.75, 3.05) is 11.1 Å². The summed E-state index contributed by atoms with van der Waals surface area (Å²) in [6.45, 7) is 1.52. The first kappa shape index (κ1) is 19.1. The molecule has 1 atom stereocenters. The van der Waals surface area contributed by atoms with Crippen LogP contribution in [0.1, 0.15) is 11.8 Å². The molecule has 1 aromatic carbocycles. The maximum absolute atomic E-state index is 12.0. The van der Waals surface area contributed by atoms with Crippen molar-refractivity contribution in [3.05, 3.63) is 50.6 Å². The van der Waals surface area contributed by atoms with E-state index in [0.29, 0.717) is 16.5 Å². The van der Waals surface area contributed by atoms with Gasteiger partial charge < -0.3 is 10.1 Å². The van der Waals surface area contributed by atoms with E-state index in [0.717, 1.165) is 9.21 Å². The molecule has 0 radical (unpaired) electrons. The number of nitrogens with one attached hydrogen (secondary N) is 1. The Morgan fingerprint density at radius 2 is 2.00 bits per heavy atom. The SMILES string of the molecule is C[C@H](OC(=O)CSCc1ccc(Cl)s1)C(=O)Nc1ccccc1Cl. The predicted molar refractivity (Wildman–Crippen MR) is 101 cm³/mol. The van der Waals surface area contributed by atoms with Crippen LogP contribution < -0.4 is 5.32 Å². The highest BCUT2D eigenvalue weighted by molar-refractivity contribution is 7.99. The number of para-hydroxylation sites is 1. The number of carbonyl (C=O) groups excluding carboxylic acids is 2. The smallest absolute Gasteiger partial charge is 0.316 e. The van der Waals surface area contributed by atoms with Gasteiger partial charge in [0.2, 0.25) is 0 Å². The highest BCUT2D eigenvalue weighted by atomic mass is 35.5. The second-order valence-corrected chi connectivity index (χ2v) is 7.99. The van der Waals surface area contributed by atoms with Gasteiger partial charge in [0, 0.05) is 10.6 Å². The van der Waals surface area contributed by atoms with Gasteiger partial charge in [-0.3, -0.25) is 9.59 Å². The van der Waals surface area contributed by atoms with Gasteiger partial charge in [0.1, 0.15) is 0 Å². The molecule has 1 N–H and O–H groups in total. The van der Waals surface area contributed by atoms with Crippen molar-refractivity contribution in [1.82, 2.24) is 0 Å². The number of carbonyl (C=O) groups is 2. The van der Waals surface area contributed by atoms with Gasteiger partial charge in [-0.1, -0.05) is 35.3 Å². The fraction of sp³-hybridized carbons (Fsp3) is 0.250. The fourth-order valence-electron chi connectivity index (χ4n) is 1.75. The quantitative estimate of drug-likeness (QED) is 0.670. The zero-order valence-corrected chi connectivity index (χ0v) is 15.9. The van der Waals surface area contributed by atoms with Gasteiger partial charge in [-0.25, -0.2) is 0 Å². The number of esters is 1. The van der Waals surface area contributed by atoms with Crippen LogP contribution >= 0.6 is 46.3 Å². The normalized spacial score (nSPS) is 11.8. The first-order chi connectivity index (χ1) is 11.5. The number of anilines is 1. The summed E-state index contributed by atoms with van der Waals surface area (Å²) < 4.78 is 5.85. The standard InChI is InChI=1S/C16H15Cl2NO3S2/c1-10(16(21)19-13-5-3-2-4-12(13)17)22-15(20)9-23-8-11-6-7-14(18)24-11/h2-7,10H,8-9H2,1H3,(H,19,21)/t10-/m0/s1. The van der Waals surface area contributed by atoms with E-state index in [1.54, 1.807) is 24.3 Å². The molecule has 1 amide bonds. The number of ether oxygens (including phenoxy) is 1. The third kappa shape index (κ3) is 6.02. The maximum atomic E-state index is 12.0. The van der Waals surface area contributed by atoms with E-state index in [1.807, 2.05) is 12.1 Å². The van der Waals surface area contributed by atoms with Crippen LogP contribution in [-0.2, 0) is 20.1 Å². The van der Waals surface area contributed by atoms with E-state index in [1.165, 1.54) is 30.0 Å². The summed E-state index contributed by atoms with van der Waals surface area (Å²) in [6.07, 6.45) is -0.898. The number of thiophene rings is 1. The Balaban J connectivity index is 1.74. The van der Waals surface area contributed by atoms with Crippen molar-refractivity contribution in [1.29, 1.82) is 0 Å². The Labute approximate surface area is 158 Å². The van der Waals surface area contributed by atoms with Crippen LogP contribution in [0.15, 0.2) is 36.4 Å². The first-order valence-corrected chi connectivity index (χ1v) is 9.75. The number of benzene rings is 1. The van der Waals surface area contributed by atoms with Gasteiger partial charge >= 0.3 is 5.97 Å². The Morgan fingerprint density at radius 1 is 1.25 bits per heavy atom. The molecule has 4 nitrogen and oxygen atoms in total. The average molecular weight is 404 g/mol. The van der Waals surface area contributed by atoms with E-state index in [9.17, 15) is 9.59 Å². The molecule has 0 unspecified atom stereocenters. The lowest BCUT2D eigenvalue weighted by atomic mass is 10.3. The van der Waals surface area contributed by atoms with Crippen LogP contribution in [0.25, 0.3) is 0 Å². The lowest BCUT2D eigenvalue weighted by Crippen LogP contribution is -2.30. The monoisotopic (exact) mass is 403 g/mol. The summed E-state index contributed by atoms with van der Waals surface area (Å²) in [5.41, 5.74) is 0.482. The van der Waals surface area contributed by atoms with Crippen LogP contribution in [-0.4, -0.2) is 23.7 Å². The third-order valence-electron chi connectivity index (χ3n) is 2.90. The minimum atomic E-state index is -0.898. The van der Waals surface area contributed by atoms with Crippen molar-refractivity contribution in [3.63, 3.8) is 0 Å². The molecule has 0 bridgehead atoms. The summed E-state index contributed by atoms with van der Waals surface area (Å²) in [6, 6.07) is 10.6. The molecule has 0 aliphatic rings. The van der Waals surface area contributed by atoms with Crippen molar-refractivity contribution in [3.8, 4) is 0 Å². The zero-order chi connectivity index (χ0) is 17.5. The van der Waals surface area contributed by atoms with Crippen LogP contribution in [0.5, 0.6) is 0 Å². The second kappa shape index (κ2) is 9.32. The molecule has 0 saturated heterocycles. The van der Waals surface area contributed by atoms with Gasteiger partial charge in [0.25, 0.3) is 5.91 Å². The molecular formula is C16H15Cl2NO3S2. The molecule has 128 valence electrons. The number of hydrogen-bond acceptors (Lipinski definition) is 5. The van der Waals surface area contributed by atoms with E-state index >= 15 is 0 Å². The molecule has 0 saturated carbocycles. The minimum absolute atomic E-state index is 0.166. The van der Waals surface area contributed by atoms with Gasteiger partial charge in [-0.2, -0.15) is 0 Å². The highest BCUT2D eigenvalue weighted by Crippen LogP contribution is 2.25. The molecule has 0 fully saturated rings. The third-order valence-corrected chi connectivity index (χ3v) is 5.60. The minimum Gasteiger partial charge on any atom is -0.452 e. The second-order valence-electron chi connectivity index (χ2n) is 4.80. The van der Waals surface area contributed by atoms with Crippen molar-refractivity contribution in [2.24, 2.45) is 0 Å². The van der Waals surface area contributed by atoms with Crippen LogP contribution in [0.2, 0.25) is 9.36 Å². The molecule has 2 rings (SSSR count). The predicted octanol–water partition coefficient (Wildman–Crippen LogP) is 4.86. The number of amides is 1. The molecular weight excluding hydrogens is 389 g/mol. The molecule has 0 aliphatic heterocycles. The van der Waals surface area contributed by atoms with Crippen LogP contribution in [0.4, 0.5) is 5.69 Å². The van der Waals surface area contributed by atoms with Crippen molar-refractivity contribution in [2.45, 2.75) is 18.8 Å². The lowest BCUT2D eigenvalue weighted by Gasteiger charge is -2.14. The van der Waals surface area contributed by atoms with E-state index in [4.69, 9.17) is 27.9 Å². The van der Waals surface area contributed by atoms with Crippen LogP contribution in [0.3, 0.4) is 0 Å². The lowest BCUT2D eigenvalue weighted by molar-refractivity contribution is -0.150. The number of thioether (sulfide) groups is 1. The molecule has 1 heterocycles. The van der Waals surface area contributed by atoms with Gasteiger partial charge in [-0.05, 0) is 31.2 Å². The summed E-state index contributed by atoms with van der Waals surface area (Å²) >= 11 is 14.7. The fourth-order valence-corrected chi connectivity index (χ4v) is 3.93. The average Bonchev–Trinajstić information content (AvgIpc) is 2.95. The van der Waals surface area contributed by atoms with E-state index < -0.39 is 18.0 Å². The molecule has 24 heavy (non-hydrogen) atoms. The number of halogens is 2. The Kier molecular flexibility index (Phi) is 7.42. The topological polar surface area (TPSA) is 55.4 Å². The summed E-state index contributed by atoms with van der Waals surface area (Å²) in [5.74, 6) is -0.0257. The first-order valence-electron chi connectivity index (χ1n) is 7.02. The Morgan fingerprint density at radius 3 is 2.67 bits per heavy atom. The Hall–Kier alpha value is -1.21. The summed E-state index contributed by atoms with van der Waals surface area (Å²) in [5, 5.41) is 3.06. The molecule has 0 aliphatic carbocycles. The summed E-state index contributed by atoms with van der Waals surface area (Å²) in [4.78, 5) is 24.9. The summed E-state index contributed by atoms with van der Waals surface area (Å²) in [7, 11) is 0. The molecule has 0 spiro atoms. The number of rotatable bonds is 7. The van der Waals surface area contributed by atoms with Crippen molar-refractivity contribution >= 4 is 63.9 Å². The van der Waals surface area contributed by atoms with Gasteiger partial charge in [-0.15, -0.1) is 23.1 Å². The molecule has 1 aromatic heterocycles. The van der Waals surface area contributed by atoms with Crippen molar-refractivity contribution < 1.29 is 14.3 Å². The van der Waals surface area contributed by atoms with E-state index in [-0.39, 0.29) is 5.75 Å². The van der Waals surface area contributed by atoms with Gasteiger partial charge in [0.05, 0.1) is 20.8 Å². The van der Waals surface area contributed by atoms with Gasteiger partial charge in [0.15, 0.2) is 6.10 Å². The van der Waals surface area contributed by atoms with Crippen LogP contribution in [0, 0.1) is 0 Å². The number of hydrogen-bond donors (Lipinski definition) is 1. The maximum Gasteiger partial charge on any atom is 0.316 e. The largest absolute Gasteiger partial charge is 0.452 e. The Bertz CT molecular complexity index is 721. The zero-order valence-electron chi connectivity index (χ0n) is 12.8.